The maximum Gasteiger partial charge on any atom is 0.264 e. The molecule has 10 heteroatoms. The Labute approximate surface area is 259 Å². The van der Waals surface area contributed by atoms with Crippen molar-refractivity contribution in [1.29, 1.82) is 0 Å². The van der Waals surface area contributed by atoms with E-state index >= 15 is 0 Å². The van der Waals surface area contributed by atoms with Gasteiger partial charge in [-0.3, -0.25) is 4.90 Å². The summed E-state index contributed by atoms with van der Waals surface area (Å²) in [6.07, 6.45) is 2.79. The maximum absolute atomic E-state index is 14.2. The van der Waals surface area contributed by atoms with Gasteiger partial charge in [0.2, 0.25) is 17.8 Å². The quantitative estimate of drug-likeness (QED) is 0.324. The zero-order valence-electron chi connectivity index (χ0n) is 25.9. The Kier molecular flexibility index (Phi) is 8.43. The van der Waals surface area contributed by atoms with Gasteiger partial charge in [0.25, 0.3) is 10.0 Å². The number of fused-ring (bicyclic) bond motifs is 7. The summed E-state index contributed by atoms with van der Waals surface area (Å²) in [5.41, 5.74) is 4.42. The fourth-order valence-corrected chi connectivity index (χ4v) is 8.43. The first-order valence-electron chi connectivity index (χ1n) is 15.8. The molecule has 1 saturated heterocycles. The Morgan fingerprint density at radius 2 is 1.73 bits per heavy atom. The minimum atomic E-state index is -3.99. The van der Waals surface area contributed by atoms with Crippen LogP contribution in [0.15, 0.2) is 53.4 Å². The summed E-state index contributed by atoms with van der Waals surface area (Å²) in [5.74, 6) is -1.94. The number of alkyl halides is 2. The molecule has 1 N–H and O–H groups in total. The van der Waals surface area contributed by atoms with Gasteiger partial charge in [0.15, 0.2) is 0 Å². The van der Waals surface area contributed by atoms with Gasteiger partial charge in [-0.1, -0.05) is 44.2 Å². The van der Waals surface area contributed by atoms with Gasteiger partial charge in [-0.15, -0.1) is 0 Å². The summed E-state index contributed by atoms with van der Waals surface area (Å²) < 4.78 is 65.1. The molecule has 7 nitrogen and oxygen atoms in total. The average molecular weight is 625 g/mol. The highest BCUT2D eigenvalue weighted by atomic mass is 32.2. The van der Waals surface area contributed by atoms with Crippen LogP contribution in [0.1, 0.15) is 81.4 Å². The summed E-state index contributed by atoms with van der Waals surface area (Å²) in [6, 6.07) is 15.1. The van der Waals surface area contributed by atoms with E-state index in [-0.39, 0.29) is 47.8 Å². The van der Waals surface area contributed by atoms with E-state index in [2.05, 4.69) is 33.4 Å². The van der Waals surface area contributed by atoms with Crippen LogP contribution in [0.3, 0.4) is 0 Å². The molecule has 0 radical (unpaired) electrons. The molecule has 1 saturated carbocycles. The molecule has 2 aromatic carbocycles. The summed E-state index contributed by atoms with van der Waals surface area (Å²) in [7, 11) is -3.99. The van der Waals surface area contributed by atoms with Crippen LogP contribution in [0.5, 0.6) is 5.88 Å². The Bertz CT molecular complexity index is 1600. The second kappa shape index (κ2) is 12.0. The van der Waals surface area contributed by atoms with Crippen LogP contribution in [0.2, 0.25) is 0 Å². The number of ether oxygens (including phenoxy) is 1. The molecule has 3 heterocycles. The molecule has 6 rings (SSSR count). The van der Waals surface area contributed by atoms with Crippen molar-refractivity contribution in [3.05, 3.63) is 65.2 Å². The Morgan fingerprint density at radius 1 is 1.02 bits per heavy atom. The number of hydrogen-bond acceptors (Lipinski definition) is 6. The summed E-state index contributed by atoms with van der Waals surface area (Å²) >= 11 is 0. The van der Waals surface area contributed by atoms with Gasteiger partial charge in [-0.25, -0.2) is 26.9 Å². The smallest absolute Gasteiger partial charge is 0.264 e. The number of nitrogens with zero attached hydrogens (tertiary/aromatic N) is 3. The van der Waals surface area contributed by atoms with Crippen LogP contribution < -0.4 is 9.46 Å². The lowest BCUT2D eigenvalue weighted by atomic mass is 9.85. The molecule has 1 aliphatic carbocycles. The highest BCUT2D eigenvalue weighted by molar-refractivity contribution is 7.92. The van der Waals surface area contributed by atoms with Gasteiger partial charge in [-0.05, 0) is 86.6 Å². The Morgan fingerprint density at radius 3 is 2.43 bits per heavy atom. The minimum Gasteiger partial charge on any atom is -0.473 e. The molecule has 3 aromatic rings. The highest BCUT2D eigenvalue weighted by Crippen LogP contribution is 2.41. The SMILES string of the molecule is Cc1cccc(C)c1-c1cc2nc(n1)NS(=O)(=O)c1cccc(c1)C1C[C@@H](CN(C3CCC(F)(F)CC3)[C@@H](CC(C)C)C1)O2. The van der Waals surface area contributed by atoms with Crippen LogP contribution in [-0.2, 0) is 10.0 Å². The Balaban J connectivity index is 1.47. The number of likely N-dealkylation sites (tertiary alicyclic amines) is 1. The van der Waals surface area contributed by atoms with Gasteiger partial charge < -0.3 is 4.74 Å². The van der Waals surface area contributed by atoms with Crippen LogP contribution in [-0.4, -0.2) is 53.9 Å². The molecular weight excluding hydrogens is 582 g/mol. The topological polar surface area (TPSA) is 84.4 Å². The number of aromatic nitrogens is 2. The van der Waals surface area contributed by atoms with Crippen molar-refractivity contribution in [3.63, 3.8) is 0 Å². The molecule has 0 amide bonds. The lowest BCUT2D eigenvalue weighted by molar-refractivity contribution is -0.0623. The third-order valence-corrected chi connectivity index (χ3v) is 10.8. The van der Waals surface area contributed by atoms with Crippen molar-refractivity contribution in [2.45, 2.75) is 108 Å². The van der Waals surface area contributed by atoms with Crippen LogP contribution in [0.25, 0.3) is 11.3 Å². The van der Waals surface area contributed by atoms with Crippen molar-refractivity contribution >= 4 is 16.0 Å². The fraction of sp³-hybridized carbons (Fsp3) is 0.529. The van der Waals surface area contributed by atoms with E-state index in [4.69, 9.17) is 4.74 Å². The van der Waals surface area contributed by atoms with Crippen LogP contribution in [0, 0.1) is 19.8 Å². The molecule has 3 aliphatic rings. The third-order valence-electron chi connectivity index (χ3n) is 9.48. The van der Waals surface area contributed by atoms with E-state index in [0.717, 1.165) is 35.1 Å². The van der Waals surface area contributed by atoms with E-state index in [1.54, 1.807) is 24.3 Å². The molecule has 3 atom stereocenters. The second-order valence-corrected chi connectivity index (χ2v) is 15.0. The predicted octanol–water partition coefficient (Wildman–Crippen LogP) is 7.49. The highest BCUT2D eigenvalue weighted by Gasteiger charge is 2.42. The van der Waals surface area contributed by atoms with Gasteiger partial charge in [0.1, 0.15) is 6.10 Å². The minimum absolute atomic E-state index is 0.0211. The van der Waals surface area contributed by atoms with Gasteiger partial charge in [0, 0.05) is 43.1 Å². The maximum atomic E-state index is 14.2. The third kappa shape index (κ3) is 6.61. The summed E-state index contributed by atoms with van der Waals surface area (Å²) in [5, 5.41) is 0. The standard InChI is InChI=1S/C34H42F2N4O3S/c1-21(2)15-27-16-25-17-28(20-40(27)26-11-13-34(35,36)14-12-26)43-31-19-30(32-22(3)7-5-8-23(32)4)37-33(38-31)39-44(41,42)29-10-6-9-24(25)18-29/h5-10,18-19,21,25-28H,11-17,20H2,1-4H3,(H,37,38,39)/t25?,27-,28-/m0/s1. The van der Waals surface area contributed by atoms with Crippen LogP contribution in [0.4, 0.5) is 14.7 Å². The van der Waals surface area contributed by atoms with Crippen molar-refractivity contribution in [2.24, 2.45) is 5.92 Å². The first-order chi connectivity index (χ1) is 20.9. The van der Waals surface area contributed by atoms with E-state index in [1.165, 1.54) is 0 Å². The fourth-order valence-electron chi connectivity index (χ4n) is 7.44. The molecule has 44 heavy (non-hydrogen) atoms. The monoisotopic (exact) mass is 624 g/mol. The first-order valence-corrected chi connectivity index (χ1v) is 17.2. The lowest BCUT2D eigenvalue weighted by Crippen LogP contribution is -2.49. The molecule has 6 bridgehead atoms. The van der Waals surface area contributed by atoms with E-state index in [9.17, 15) is 17.2 Å². The van der Waals surface area contributed by atoms with Crippen molar-refractivity contribution in [1.82, 2.24) is 14.9 Å². The normalized spacial score (nSPS) is 25.2. The first kappa shape index (κ1) is 30.9. The van der Waals surface area contributed by atoms with Crippen molar-refractivity contribution in [2.75, 3.05) is 11.3 Å². The van der Waals surface area contributed by atoms with Crippen LogP contribution >= 0.6 is 0 Å². The number of hydrogen-bond donors (Lipinski definition) is 1. The number of benzene rings is 2. The van der Waals surface area contributed by atoms with E-state index in [0.29, 0.717) is 43.3 Å². The summed E-state index contributed by atoms with van der Waals surface area (Å²) in [4.78, 5) is 11.8. The predicted molar refractivity (Wildman–Crippen MR) is 168 cm³/mol. The molecule has 2 aliphatic heterocycles. The number of halogens is 2. The molecule has 236 valence electrons. The Hall–Kier alpha value is -3.11. The van der Waals surface area contributed by atoms with Gasteiger partial charge in [-0.2, -0.15) is 4.98 Å². The van der Waals surface area contributed by atoms with E-state index in [1.807, 2.05) is 38.1 Å². The molecule has 0 spiro atoms. The number of nitrogens with one attached hydrogen (secondary N) is 1. The van der Waals surface area contributed by atoms with Gasteiger partial charge in [0.05, 0.1) is 10.6 Å². The van der Waals surface area contributed by atoms with Crippen molar-refractivity contribution in [3.8, 4) is 17.1 Å². The van der Waals surface area contributed by atoms with Gasteiger partial charge >= 0.3 is 0 Å². The molecular formula is C34H42F2N4O3S. The number of sulfonamides is 1. The second-order valence-electron chi connectivity index (χ2n) is 13.3. The molecule has 1 aromatic heterocycles. The number of anilines is 1. The lowest BCUT2D eigenvalue weighted by Gasteiger charge is -2.42. The summed E-state index contributed by atoms with van der Waals surface area (Å²) in [6.45, 7) is 8.97. The van der Waals surface area contributed by atoms with E-state index < -0.39 is 15.9 Å². The largest absolute Gasteiger partial charge is 0.473 e. The zero-order chi connectivity index (χ0) is 31.2. The zero-order valence-corrected chi connectivity index (χ0v) is 26.7. The number of rotatable bonds is 4. The molecule has 2 fully saturated rings. The average Bonchev–Trinajstić information content (AvgIpc) is 3.11. The molecule has 1 unspecified atom stereocenters. The van der Waals surface area contributed by atoms with Crippen molar-refractivity contribution < 1.29 is 21.9 Å². The number of aryl methyl sites for hydroxylation is 2.